The first kappa shape index (κ1) is 21.5. The van der Waals surface area contributed by atoms with Crippen LogP contribution in [-0.4, -0.2) is 42.5 Å². The van der Waals surface area contributed by atoms with Crippen molar-refractivity contribution in [3.05, 3.63) is 60.7 Å². The maximum absolute atomic E-state index is 14.1. The first-order valence-corrected chi connectivity index (χ1v) is 9.78. The molecule has 3 aromatic rings. The third-order valence-electron chi connectivity index (χ3n) is 4.99. The Bertz CT molecular complexity index is 1070. The second-order valence-electron chi connectivity index (χ2n) is 7.08. The zero-order chi connectivity index (χ0) is 22.7. The van der Waals surface area contributed by atoms with E-state index in [2.05, 4.69) is 20.0 Å². The van der Waals surface area contributed by atoms with Crippen molar-refractivity contribution in [3.63, 3.8) is 0 Å². The predicted octanol–water partition coefficient (Wildman–Crippen LogP) is 4.17. The van der Waals surface area contributed by atoms with Crippen LogP contribution in [-0.2, 0) is 0 Å². The molecular formula is C21H20F4N6O. The number of nitrogens with one attached hydrogen (secondary N) is 1. The van der Waals surface area contributed by atoms with Crippen LogP contribution in [0.4, 0.5) is 46.3 Å². The zero-order valence-corrected chi connectivity index (χ0v) is 16.8. The van der Waals surface area contributed by atoms with Crippen molar-refractivity contribution >= 4 is 28.7 Å². The largest absolute Gasteiger partial charge is 0.573 e. The van der Waals surface area contributed by atoms with E-state index >= 15 is 0 Å². The Morgan fingerprint density at radius 2 is 1.56 bits per heavy atom. The number of aromatic nitrogens is 2. The Morgan fingerprint density at radius 3 is 2.22 bits per heavy atom. The van der Waals surface area contributed by atoms with Crippen molar-refractivity contribution in [2.75, 3.05) is 47.0 Å². The standard InChI is InChI=1S/C21H20F4N6O/c22-16-3-1-2-4-17(16)30-9-11-31(12-10-30)20-18(26)19(27-13-28-20)29-14-5-7-15(8-6-14)32-21(23,24)25/h1-8,13H,9-12,26H2,(H,27,28,29). The Hall–Kier alpha value is -3.76. The average Bonchev–Trinajstić information content (AvgIpc) is 2.76. The number of rotatable bonds is 5. The molecule has 11 heteroatoms. The van der Waals surface area contributed by atoms with Crippen LogP contribution >= 0.6 is 0 Å². The van der Waals surface area contributed by atoms with E-state index in [1.54, 1.807) is 18.2 Å². The van der Waals surface area contributed by atoms with Gasteiger partial charge in [0, 0.05) is 31.9 Å². The van der Waals surface area contributed by atoms with Crippen molar-refractivity contribution in [2.24, 2.45) is 0 Å². The van der Waals surface area contributed by atoms with Crippen LogP contribution in [0.15, 0.2) is 54.9 Å². The van der Waals surface area contributed by atoms with Gasteiger partial charge in [-0.05, 0) is 36.4 Å². The molecule has 168 valence electrons. The summed E-state index contributed by atoms with van der Waals surface area (Å²) in [6.07, 6.45) is -3.39. The van der Waals surface area contributed by atoms with Crippen LogP contribution in [0.1, 0.15) is 0 Å². The molecule has 32 heavy (non-hydrogen) atoms. The van der Waals surface area contributed by atoms with E-state index < -0.39 is 6.36 Å². The molecule has 1 aliphatic heterocycles. The molecule has 3 N–H and O–H groups in total. The molecule has 1 saturated heterocycles. The SMILES string of the molecule is Nc1c(Nc2ccc(OC(F)(F)F)cc2)ncnc1N1CCN(c2ccccc2F)CC1. The lowest BCUT2D eigenvalue weighted by molar-refractivity contribution is -0.274. The second kappa shape index (κ2) is 8.77. The van der Waals surface area contributed by atoms with Crippen LogP contribution < -0.4 is 25.6 Å². The fourth-order valence-corrected chi connectivity index (χ4v) is 3.48. The fourth-order valence-electron chi connectivity index (χ4n) is 3.48. The van der Waals surface area contributed by atoms with E-state index in [-0.39, 0.29) is 11.6 Å². The highest BCUT2D eigenvalue weighted by atomic mass is 19.4. The maximum atomic E-state index is 14.1. The highest BCUT2D eigenvalue weighted by Crippen LogP contribution is 2.31. The molecule has 0 atom stereocenters. The molecule has 2 aromatic carbocycles. The van der Waals surface area contributed by atoms with Gasteiger partial charge >= 0.3 is 6.36 Å². The topological polar surface area (TPSA) is 79.5 Å². The Morgan fingerprint density at radius 1 is 0.906 bits per heavy atom. The minimum Gasteiger partial charge on any atom is -0.406 e. The molecule has 1 aliphatic rings. The van der Waals surface area contributed by atoms with Gasteiger partial charge in [-0.3, -0.25) is 0 Å². The lowest BCUT2D eigenvalue weighted by Crippen LogP contribution is -2.47. The summed E-state index contributed by atoms with van der Waals surface area (Å²) in [5.41, 5.74) is 7.62. The molecule has 1 aromatic heterocycles. The average molecular weight is 448 g/mol. The molecule has 1 fully saturated rings. The van der Waals surface area contributed by atoms with Gasteiger partial charge in [0.1, 0.15) is 23.6 Å². The van der Waals surface area contributed by atoms with Gasteiger partial charge in [-0.2, -0.15) is 0 Å². The molecule has 0 aliphatic carbocycles. The Kier molecular flexibility index (Phi) is 5.89. The van der Waals surface area contributed by atoms with Crippen LogP contribution in [0, 0.1) is 5.82 Å². The fraction of sp³-hybridized carbons (Fsp3) is 0.238. The number of ether oxygens (including phenoxy) is 1. The van der Waals surface area contributed by atoms with Crippen molar-refractivity contribution in [1.29, 1.82) is 0 Å². The number of para-hydroxylation sites is 1. The number of nitrogens with two attached hydrogens (primary N) is 1. The smallest absolute Gasteiger partial charge is 0.406 e. The molecule has 0 radical (unpaired) electrons. The summed E-state index contributed by atoms with van der Waals surface area (Å²) < 4.78 is 54.8. The monoisotopic (exact) mass is 448 g/mol. The van der Waals surface area contributed by atoms with Crippen molar-refractivity contribution < 1.29 is 22.3 Å². The highest BCUT2D eigenvalue weighted by Gasteiger charge is 2.31. The summed E-state index contributed by atoms with van der Waals surface area (Å²) in [7, 11) is 0. The van der Waals surface area contributed by atoms with Crippen LogP contribution in [0.5, 0.6) is 5.75 Å². The normalized spacial score (nSPS) is 14.4. The van der Waals surface area contributed by atoms with E-state index in [1.807, 2.05) is 9.80 Å². The number of piperazine rings is 1. The minimum atomic E-state index is -4.75. The van der Waals surface area contributed by atoms with Crippen LogP contribution in [0.25, 0.3) is 0 Å². The number of alkyl halides is 3. The first-order chi connectivity index (χ1) is 15.3. The zero-order valence-electron chi connectivity index (χ0n) is 16.8. The van der Waals surface area contributed by atoms with Gasteiger partial charge in [-0.15, -0.1) is 13.2 Å². The molecular weight excluding hydrogens is 428 g/mol. The molecule has 0 spiro atoms. The lowest BCUT2D eigenvalue weighted by Gasteiger charge is -2.37. The van der Waals surface area contributed by atoms with Crippen molar-refractivity contribution in [2.45, 2.75) is 6.36 Å². The van der Waals surface area contributed by atoms with Crippen LogP contribution in [0.3, 0.4) is 0 Å². The molecule has 7 nitrogen and oxygen atoms in total. The number of halogens is 4. The van der Waals surface area contributed by atoms with Gasteiger partial charge in [0.2, 0.25) is 0 Å². The summed E-state index contributed by atoms with van der Waals surface area (Å²) in [6, 6.07) is 11.9. The summed E-state index contributed by atoms with van der Waals surface area (Å²) in [4.78, 5) is 12.4. The third kappa shape index (κ3) is 4.93. The van der Waals surface area contributed by atoms with Crippen molar-refractivity contribution in [3.8, 4) is 5.75 Å². The third-order valence-corrected chi connectivity index (χ3v) is 4.99. The summed E-state index contributed by atoms with van der Waals surface area (Å²) in [5.74, 6) is 0.275. The summed E-state index contributed by atoms with van der Waals surface area (Å²) in [5, 5.41) is 2.98. The second-order valence-corrected chi connectivity index (χ2v) is 7.08. The molecule has 0 saturated carbocycles. The molecule has 0 unspecified atom stereocenters. The number of hydrogen-bond acceptors (Lipinski definition) is 7. The van der Waals surface area contributed by atoms with Gasteiger partial charge in [0.25, 0.3) is 0 Å². The maximum Gasteiger partial charge on any atom is 0.573 e. The lowest BCUT2D eigenvalue weighted by atomic mass is 10.2. The van der Waals surface area contributed by atoms with Gasteiger partial charge in [0.05, 0.1) is 5.69 Å². The van der Waals surface area contributed by atoms with Gasteiger partial charge in [-0.1, -0.05) is 12.1 Å². The van der Waals surface area contributed by atoms with E-state index in [0.717, 1.165) is 0 Å². The predicted molar refractivity (Wildman–Crippen MR) is 114 cm³/mol. The molecule has 0 amide bonds. The number of nitrogen functional groups attached to an aromatic ring is 1. The van der Waals surface area contributed by atoms with E-state index in [4.69, 9.17) is 5.73 Å². The minimum absolute atomic E-state index is 0.263. The van der Waals surface area contributed by atoms with E-state index in [9.17, 15) is 17.6 Å². The summed E-state index contributed by atoms with van der Waals surface area (Å²) >= 11 is 0. The van der Waals surface area contributed by atoms with Gasteiger partial charge < -0.3 is 25.6 Å². The van der Waals surface area contributed by atoms with Crippen molar-refractivity contribution in [1.82, 2.24) is 9.97 Å². The van der Waals surface area contributed by atoms with Crippen LogP contribution in [0.2, 0.25) is 0 Å². The Balaban J connectivity index is 1.43. The Labute approximate surface area is 181 Å². The number of anilines is 5. The van der Waals surface area contributed by atoms with Gasteiger partial charge in [0.15, 0.2) is 11.6 Å². The summed E-state index contributed by atoms with van der Waals surface area (Å²) in [6.45, 7) is 2.35. The van der Waals surface area contributed by atoms with E-state index in [1.165, 1.54) is 36.7 Å². The number of benzene rings is 2. The number of nitrogens with zero attached hydrogens (tertiary/aromatic N) is 4. The molecule has 4 rings (SSSR count). The molecule has 2 heterocycles. The number of hydrogen-bond donors (Lipinski definition) is 2. The quantitative estimate of drug-likeness (QED) is 0.568. The first-order valence-electron chi connectivity index (χ1n) is 9.78. The highest BCUT2D eigenvalue weighted by molar-refractivity contribution is 5.78. The van der Waals surface area contributed by atoms with Gasteiger partial charge in [-0.25, -0.2) is 14.4 Å². The van der Waals surface area contributed by atoms with E-state index in [0.29, 0.717) is 54.9 Å². The molecule has 0 bridgehead atoms.